The van der Waals surface area contributed by atoms with E-state index in [1.165, 1.54) is 17.7 Å². The number of alkyl halides is 2. The zero-order valence-corrected chi connectivity index (χ0v) is 22.8. The number of nitrogens with zero attached hydrogens (tertiary/aromatic N) is 5. The summed E-state index contributed by atoms with van der Waals surface area (Å²) in [6.07, 6.45) is -0.0406. The van der Waals surface area contributed by atoms with E-state index in [0.29, 0.717) is 43.2 Å². The first-order valence-electron chi connectivity index (χ1n) is 12.2. The topological polar surface area (TPSA) is 102 Å². The van der Waals surface area contributed by atoms with Crippen LogP contribution in [-0.4, -0.2) is 69.2 Å². The number of halogens is 3. The molecule has 2 aliphatic rings. The van der Waals surface area contributed by atoms with Gasteiger partial charge in [-0.25, -0.2) is 27.2 Å². The number of aromatic nitrogens is 3. The van der Waals surface area contributed by atoms with Gasteiger partial charge in [0.1, 0.15) is 16.9 Å². The zero-order chi connectivity index (χ0) is 27.2. The maximum atomic E-state index is 14.1. The van der Waals surface area contributed by atoms with Gasteiger partial charge < -0.3 is 19.7 Å². The van der Waals surface area contributed by atoms with Gasteiger partial charge in [0.05, 0.1) is 29.4 Å². The molecule has 2 fully saturated rings. The van der Waals surface area contributed by atoms with Crippen LogP contribution in [0.15, 0.2) is 24.3 Å². The van der Waals surface area contributed by atoms with Gasteiger partial charge in [-0.2, -0.15) is 0 Å². The van der Waals surface area contributed by atoms with Crippen molar-refractivity contribution in [3.8, 4) is 0 Å². The minimum atomic E-state index is -3.62. The van der Waals surface area contributed by atoms with Crippen LogP contribution in [0.1, 0.15) is 37.7 Å². The lowest BCUT2D eigenvalue weighted by Crippen LogP contribution is -2.51. The van der Waals surface area contributed by atoms with Crippen molar-refractivity contribution in [2.45, 2.75) is 38.0 Å². The highest BCUT2D eigenvalue weighted by molar-refractivity contribution is 7.92. The molecule has 2 aromatic heterocycles. The van der Waals surface area contributed by atoms with Crippen LogP contribution in [0.4, 0.5) is 31.5 Å². The molecule has 3 aromatic rings. The standard InChI is InChI=1S/C24H29ClF2N6O4S/c1-31(38(3,34)35)18-10-14(32-12-15(13-32)36-2)7-8-16(18)28-17-11-19(25)29-23-21(17)30-24(22(26)27)33(23)20-6-4-5-9-37-20/h7-8,10-11,15,20,22H,4-6,9,12-13H2,1-3H3,(H,28,29). The lowest BCUT2D eigenvalue weighted by Gasteiger charge is -2.40. The predicted octanol–water partition coefficient (Wildman–Crippen LogP) is 4.70. The molecule has 1 unspecified atom stereocenters. The SMILES string of the molecule is COC1CN(c2ccc(Nc3cc(Cl)nc4c3nc(C(F)F)n4C3CCCCO3)c(N(C)S(C)(=O)=O)c2)C1. The van der Waals surface area contributed by atoms with Crippen molar-refractivity contribution >= 4 is 55.5 Å². The van der Waals surface area contributed by atoms with Crippen LogP contribution in [0.5, 0.6) is 0 Å². The van der Waals surface area contributed by atoms with Crippen LogP contribution in [0.2, 0.25) is 5.15 Å². The van der Waals surface area contributed by atoms with E-state index in [4.69, 9.17) is 21.1 Å². The third-order valence-electron chi connectivity index (χ3n) is 6.92. The van der Waals surface area contributed by atoms with E-state index >= 15 is 0 Å². The van der Waals surface area contributed by atoms with Crippen LogP contribution in [0.25, 0.3) is 11.2 Å². The zero-order valence-electron chi connectivity index (χ0n) is 21.2. The maximum Gasteiger partial charge on any atom is 0.295 e. The van der Waals surface area contributed by atoms with Crippen molar-refractivity contribution < 1.29 is 26.7 Å². The molecule has 1 atom stereocenters. The number of rotatable bonds is 8. The Bertz CT molecular complexity index is 1440. The fourth-order valence-corrected chi connectivity index (χ4v) is 5.41. The molecular formula is C24H29ClF2N6O4S. The van der Waals surface area contributed by atoms with E-state index in [0.717, 1.165) is 29.1 Å². The maximum absolute atomic E-state index is 14.1. The van der Waals surface area contributed by atoms with Gasteiger partial charge in [-0.3, -0.25) is 8.87 Å². The molecule has 14 heteroatoms. The Morgan fingerprint density at radius 2 is 1.97 bits per heavy atom. The molecular weight excluding hydrogens is 542 g/mol. The molecule has 0 bridgehead atoms. The van der Waals surface area contributed by atoms with Crippen LogP contribution in [-0.2, 0) is 19.5 Å². The Morgan fingerprint density at radius 3 is 2.61 bits per heavy atom. The van der Waals surface area contributed by atoms with Gasteiger partial charge in [0.25, 0.3) is 6.43 Å². The van der Waals surface area contributed by atoms with Gasteiger partial charge in [-0.05, 0) is 37.5 Å². The third-order valence-corrected chi connectivity index (χ3v) is 8.30. The van der Waals surface area contributed by atoms with E-state index in [1.54, 1.807) is 19.2 Å². The summed E-state index contributed by atoms with van der Waals surface area (Å²) < 4.78 is 66.7. The molecule has 10 nitrogen and oxygen atoms in total. The average Bonchev–Trinajstić information content (AvgIpc) is 3.23. The van der Waals surface area contributed by atoms with Crippen LogP contribution < -0.4 is 14.5 Å². The molecule has 0 spiro atoms. The summed E-state index contributed by atoms with van der Waals surface area (Å²) in [5, 5.41) is 3.25. The minimum Gasteiger partial charge on any atom is -0.378 e. The molecule has 5 rings (SSSR count). The molecule has 38 heavy (non-hydrogen) atoms. The second-order valence-electron chi connectivity index (χ2n) is 9.45. The van der Waals surface area contributed by atoms with Crippen LogP contribution in [0.3, 0.4) is 0 Å². The Kier molecular flexibility index (Phi) is 7.37. The van der Waals surface area contributed by atoms with Crippen LogP contribution in [0, 0.1) is 0 Å². The summed E-state index contributed by atoms with van der Waals surface area (Å²) in [4.78, 5) is 10.6. The molecule has 2 aliphatic heterocycles. The number of sulfonamides is 1. The van der Waals surface area contributed by atoms with Crippen molar-refractivity contribution in [2.75, 3.05) is 54.6 Å². The van der Waals surface area contributed by atoms with Gasteiger partial charge >= 0.3 is 0 Å². The van der Waals surface area contributed by atoms with Crippen molar-refractivity contribution in [3.63, 3.8) is 0 Å². The van der Waals surface area contributed by atoms with Gasteiger partial charge in [-0.15, -0.1) is 0 Å². The Balaban J connectivity index is 1.59. The number of methoxy groups -OCH3 is 1. The second-order valence-corrected chi connectivity index (χ2v) is 11.8. The number of anilines is 4. The largest absolute Gasteiger partial charge is 0.378 e. The normalized spacial score (nSPS) is 18.7. The number of hydrogen-bond donors (Lipinski definition) is 1. The second kappa shape index (κ2) is 10.4. The fourth-order valence-electron chi connectivity index (χ4n) is 4.71. The van der Waals surface area contributed by atoms with E-state index in [1.807, 2.05) is 6.07 Å². The average molecular weight is 571 g/mol. The summed E-state index contributed by atoms with van der Waals surface area (Å²) in [6.45, 7) is 1.82. The predicted molar refractivity (Wildman–Crippen MR) is 142 cm³/mol. The molecule has 2 saturated heterocycles. The summed E-state index contributed by atoms with van der Waals surface area (Å²) in [7, 11) is -0.516. The van der Waals surface area contributed by atoms with Gasteiger partial charge in [0.2, 0.25) is 10.0 Å². The van der Waals surface area contributed by atoms with Crippen molar-refractivity contribution in [1.82, 2.24) is 14.5 Å². The summed E-state index contributed by atoms with van der Waals surface area (Å²) >= 11 is 6.34. The number of benzene rings is 1. The molecule has 0 saturated carbocycles. The molecule has 0 aliphatic carbocycles. The molecule has 206 valence electrons. The Morgan fingerprint density at radius 1 is 1.21 bits per heavy atom. The third kappa shape index (κ3) is 5.12. The highest BCUT2D eigenvalue weighted by atomic mass is 35.5. The molecule has 0 amide bonds. The first kappa shape index (κ1) is 26.9. The first-order chi connectivity index (χ1) is 18.1. The Labute approximate surface area is 224 Å². The van der Waals surface area contributed by atoms with Gasteiger partial charge in [0, 0.05) is 45.6 Å². The van der Waals surface area contributed by atoms with Crippen molar-refractivity contribution in [3.05, 3.63) is 35.2 Å². The summed E-state index contributed by atoms with van der Waals surface area (Å²) in [5.41, 5.74) is 2.29. The lowest BCUT2D eigenvalue weighted by atomic mass is 10.1. The lowest BCUT2D eigenvalue weighted by molar-refractivity contribution is -0.0363. The minimum absolute atomic E-state index is 0.0681. The van der Waals surface area contributed by atoms with Crippen LogP contribution >= 0.6 is 11.6 Å². The van der Waals surface area contributed by atoms with E-state index in [9.17, 15) is 17.2 Å². The number of imidazole rings is 1. The molecule has 1 N–H and O–H groups in total. The smallest absolute Gasteiger partial charge is 0.295 e. The number of nitrogens with one attached hydrogen (secondary N) is 1. The summed E-state index contributed by atoms with van der Waals surface area (Å²) in [6, 6.07) is 6.83. The molecule has 1 aromatic carbocycles. The van der Waals surface area contributed by atoms with E-state index in [-0.39, 0.29) is 22.4 Å². The van der Waals surface area contributed by atoms with Gasteiger partial charge in [0.15, 0.2) is 11.5 Å². The highest BCUT2D eigenvalue weighted by Gasteiger charge is 2.30. The number of ether oxygens (including phenoxy) is 2. The fraction of sp³-hybridized carbons (Fsp3) is 0.500. The van der Waals surface area contributed by atoms with Gasteiger partial charge in [-0.1, -0.05) is 11.6 Å². The summed E-state index contributed by atoms with van der Waals surface area (Å²) in [5.74, 6) is -0.459. The number of pyridine rings is 1. The molecule has 0 radical (unpaired) electrons. The van der Waals surface area contributed by atoms with E-state index < -0.39 is 28.5 Å². The Hall–Kier alpha value is -2.74. The first-order valence-corrected chi connectivity index (χ1v) is 14.4. The van der Waals surface area contributed by atoms with Crippen molar-refractivity contribution in [1.29, 1.82) is 0 Å². The van der Waals surface area contributed by atoms with E-state index in [2.05, 4.69) is 20.2 Å². The molecule has 4 heterocycles. The highest BCUT2D eigenvalue weighted by Crippen LogP contribution is 2.39. The quantitative estimate of drug-likeness (QED) is 0.389. The number of fused-ring (bicyclic) bond motifs is 1. The monoisotopic (exact) mass is 570 g/mol. The number of hydrogen-bond acceptors (Lipinski definition) is 8. The van der Waals surface area contributed by atoms with Crippen molar-refractivity contribution in [2.24, 2.45) is 0 Å².